The molecule has 0 spiro atoms. The predicted octanol–water partition coefficient (Wildman–Crippen LogP) is 2.27. The van der Waals surface area contributed by atoms with E-state index in [1.165, 1.54) is 25.0 Å². The molecule has 4 N–H and O–H groups in total. The molecule has 128 valence electrons. The van der Waals surface area contributed by atoms with Crippen molar-refractivity contribution in [2.24, 2.45) is 10.6 Å². The Morgan fingerprint density at radius 1 is 1.39 bits per heavy atom. The van der Waals surface area contributed by atoms with Crippen LogP contribution in [-0.2, 0) is 10.0 Å². The molecule has 1 aliphatic carbocycles. The Kier molecular flexibility index (Phi) is 5.31. The van der Waals surface area contributed by atoms with Crippen LogP contribution in [0.25, 0.3) is 0 Å². The molecule has 1 fully saturated rings. The third kappa shape index (κ3) is 4.94. The number of nitrogens with two attached hydrogens (primary N) is 1. The summed E-state index contributed by atoms with van der Waals surface area (Å²) < 4.78 is 22.8. The van der Waals surface area contributed by atoms with Gasteiger partial charge in [0.05, 0.1) is 10.9 Å². The van der Waals surface area contributed by atoms with Crippen LogP contribution in [0.5, 0.6) is 0 Å². The molecule has 2 amide bonds. The smallest absolute Gasteiger partial charge is 0.315 e. The molecule has 2 rings (SSSR count). The summed E-state index contributed by atoms with van der Waals surface area (Å²) in [5.41, 5.74) is 0.990. The van der Waals surface area contributed by atoms with Gasteiger partial charge in [-0.3, -0.25) is 0 Å². The lowest BCUT2D eigenvalue weighted by molar-refractivity contribution is 0.234. The van der Waals surface area contributed by atoms with Gasteiger partial charge in [-0.2, -0.15) is 0 Å². The largest absolute Gasteiger partial charge is 0.338 e. The molecule has 0 bridgehead atoms. The molecule has 0 saturated heterocycles. The van der Waals surface area contributed by atoms with Crippen LogP contribution < -0.4 is 15.8 Å². The second kappa shape index (κ2) is 6.88. The van der Waals surface area contributed by atoms with Crippen LogP contribution in [0, 0.1) is 5.41 Å². The Labute approximate surface area is 137 Å². The zero-order chi connectivity index (χ0) is 17.1. The SMILES string of the molecule is CCCC1(CNC(=O)N[C@H](C)c2cccc(S(N)(=O)=O)c2)CC1. The molecule has 0 aliphatic heterocycles. The number of amides is 2. The Hall–Kier alpha value is -1.60. The maximum Gasteiger partial charge on any atom is 0.315 e. The molecule has 1 atom stereocenters. The molecular weight excluding hydrogens is 314 g/mol. The number of carbonyl (C=O) groups excluding carboxylic acids is 1. The lowest BCUT2D eigenvalue weighted by atomic mass is 10.0. The summed E-state index contributed by atoms with van der Waals surface area (Å²) in [5, 5.41) is 10.9. The third-order valence-corrected chi connectivity index (χ3v) is 5.31. The van der Waals surface area contributed by atoms with Gasteiger partial charge in [-0.15, -0.1) is 0 Å². The van der Waals surface area contributed by atoms with Crippen molar-refractivity contribution in [3.8, 4) is 0 Å². The Balaban J connectivity index is 1.91. The van der Waals surface area contributed by atoms with Crippen LogP contribution in [0.1, 0.15) is 51.1 Å². The first-order valence-electron chi connectivity index (χ1n) is 7.93. The highest BCUT2D eigenvalue weighted by Crippen LogP contribution is 2.48. The number of benzene rings is 1. The number of sulfonamides is 1. The van der Waals surface area contributed by atoms with Crippen molar-refractivity contribution < 1.29 is 13.2 Å². The van der Waals surface area contributed by atoms with Crippen molar-refractivity contribution in [2.75, 3.05) is 6.54 Å². The van der Waals surface area contributed by atoms with Gasteiger partial charge in [0.25, 0.3) is 0 Å². The molecule has 0 heterocycles. The maximum atomic E-state index is 12.0. The first-order chi connectivity index (χ1) is 10.8. The summed E-state index contributed by atoms with van der Waals surface area (Å²) in [4.78, 5) is 12.1. The van der Waals surface area contributed by atoms with E-state index in [9.17, 15) is 13.2 Å². The van der Waals surface area contributed by atoms with E-state index >= 15 is 0 Å². The van der Waals surface area contributed by atoms with E-state index in [1.54, 1.807) is 19.1 Å². The van der Waals surface area contributed by atoms with Crippen molar-refractivity contribution in [1.29, 1.82) is 0 Å². The third-order valence-electron chi connectivity index (χ3n) is 4.40. The molecule has 1 aromatic rings. The van der Waals surface area contributed by atoms with Gasteiger partial charge in [0.15, 0.2) is 0 Å². The normalized spacial score (nSPS) is 17.3. The topological polar surface area (TPSA) is 101 Å². The quantitative estimate of drug-likeness (QED) is 0.710. The second-order valence-electron chi connectivity index (χ2n) is 6.42. The van der Waals surface area contributed by atoms with Crippen molar-refractivity contribution >= 4 is 16.1 Å². The first-order valence-corrected chi connectivity index (χ1v) is 9.47. The van der Waals surface area contributed by atoms with E-state index in [4.69, 9.17) is 5.14 Å². The maximum absolute atomic E-state index is 12.0. The minimum atomic E-state index is -3.74. The van der Waals surface area contributed by atoms with Crippen LogP contribution in [0.3, 0.4) is 0 Å². The predicted molar refractivity (Wildman–Crippen MR) is 89.3 cm³/mol. The molecule has 1 aliphatic rings. The summed E-state index contributed by atoms with van der Waals surface area (Å²) in [6.07, 6.45) is 4.61. The first kappa shape index (κ1) is 17.7. The second-order valence-corrected chi connectivity index (χ2v) is 7.98. The van der Waals surface area contributed by atoms with E-state index < -0.39 is 10.0 Å². The van der Waals surface area contributed by atoms with Crippen LogP contribution in [0.2, 0.25) is 0 Å². The monoisotopic (exact) mass is 339 g/mol. The van der Waals surface area contributed by atoms with Gasteiger partial charge in [-0.1, -0.05) is 25.5 Å². The number of rotatable bonds is 7. The number of hydrogen-bond acceptors (Lipinski definition) is 3. The molecular formula is C16H25N3O3S. The van der Waals surface area contributed by atoms with E-state index in [-0.39, 0.29) is 17.0 Å². The van der Waals surface area contributed by atoms with Crippen LogP contribution in [-0.4, -0.2) is 21.0 Å². The molecule has 0 radical (unpaired) electrons. The van der Waals surface area contributed by atoms with Gasteiger partial charge in [0.1, 0.15) is 0 Å². The van der Waals surface area contributed by atoms with E-state index in [0.29, 0.717) is 17.5 Å². The van der Waals surface area contributed by atoms with Gasteiger partial charge in [-0.05, 0) is 49.3 Å². The Morgan fingerprint density at radius 2 is 2.09 bits per heavy atom. The zero-order valence-corrected chi connectivity index (χ0v) is 14.4. The van der Waals surface area contributed by atoms with Crippen molar-refractivity contribution in [2.45, 2.75) is 50.5 Å². The molecule has 23 heavy (non-hydrogen) atoms. The highest BCUT2D eigenvalue weighted by molar-refractivity contribution is 7.89. The van der Waals surface area contributed by atoms with Crippen LogP contribution in [0.15, 0.2) is 29.2 Å². The van der Waals surface area contributed by atoms with Gasteiger partial charge in [-0.25, -0.2) is 18.4 Å². The minimum Gasteiger partial charge on any atom is -0.338 e. The van der Waals surface area contributed by atoms with Crippen molar-refractivity contribution in [3.05, 3.63) is 29.8 Å². The standard InChI is InChI=1S/C16H25N3O3S/c1-3-7-16(8-9-16)11-18-15(20)19-12(2)13-5-4-6-14(10-13)23(17,21)22/h4-6,10,12H,3,7-9,11H2,1-2H3,(H2,17,21,22)(H2,18,19,20)/t12-/m1/s1. The number of primary sulfonamides is 1. The highest BCUT2D eigenvalue weighted by Gasteiger charge is 2.41. The van der Waals surface area contributed by atoms with Crippen molar-refractivity contribution in [3.63, 3.8) is 0 Å². The van der Waals surface area contributed by atoms with Crippen LogP contribution >= 0.6 is 0 Å². The summed E-state index contributed by atoms with van der Waals surface area (Å²) in [5.74, 6) is 0. The summed E-state index contributed by atoms with van der Waals surface area (Å²) >= 11 is 0. The molecule has 1 saturated carbocycles. The van der Waals surface area contributed by atoms with Gasteiger partial charge < -0.3 is 10.6 Å². The highest BCUT2D eigenvalue weighted by atomic mass is 32.2. The van der Waals surface area contributed by atoms with Gasteiger partial charge >= 0.3 is 6.03 Å². The van der Waals surface area contributed by atoms with E-state index in [1.807, 2.05) is 0 Å². The lowest BCUT2D eigenvalue weighted by Crippen LogP contribution is -2.40. The van der Waals surface area contributed by atoms with Crippen LogP contribution in [0.4, 0.5) is 4.79 Å². The molecule has 7 heteroatoms. The fraction of sp³-hybridized carbons (Fsp3) is 0.562. The van der Waals surface area contributed by atoms with Crippen molar-refractivity contribution in [1.82, 2.24) is 10.6 Å². The average molecular weight is 339 g/mol. The van der Waals surface area contributed by atoms with Gasteiger partial charge in [0, 0.05) is 6.54 Å². The summed E-state index contributed by atoms with van der Waals surface area (Å²) in [6.45, 7) is 4.65. The average Bonchev–Trinajstić information content (AvgIpc) is 3.25. The number of carbonyl (C=O) groups is 1. The summed E-state index contributed by atoms with van der Waals surface area (Å²) in [7, 11) is -3.74. The fourth-order valence-corrected chi connectivity index (χ4v) is 3.35. The lowest BCUT2D eigenvalue weighted by Gasteiger charge is -2.18. The van der Waals surface area contributed by atoms with Gasteiger partial charge in [0.2, 0.25) is 10.0 Å². The molecule has 0 aromatic heterocycles. The molecule has 1 aromatic carbocycles. The minimum absolute atomic E-state index is 0.0453. The molecule has 0 unspecified atom stereocenters. The Morgan fingerprint density at radius 3 is 2.65 bits per heavy atom. The number of urea groups is 1. The number of nitrogens with one attached hydrogen (secondary N) is 2. The fourth-order valence-electron chi connectivity index (χ4n) is 2.78. The van der Waals surface area contributed by atoms with E-state index in [0.717, 1.165) is 12.8 Å². The van der Waals surface area contributed by atoms with E-state index in [2.05, 4.69) is 17.6 Å². The summed E-state index contributed by atoms with van der Waals surface area (Å²) in [6, 6.07) is 5.76. The Bertz CT molecular complexity index is 669. The zero-order valence-electron chi connectivity index (χ0n) is 13.6. The number of hydrogen-bond donors (Lipinski definition) is 3. The molecule has 6 nitrogen and oxygen atoms in total.